The van der Waals surface area contributed by atoms with Gasteiger partial charge in [-0.05, 0) is 25.7 Å². The van der Waals surface area contributed by atoms with Gasteiger partial charge in [-0.1, -0.05) is 124 Å². The van der Waals surface area contributed by atoms with E-state index < -0.39 is 0 Å². The summed E-state index contributed by atoms with van der Waals surface area (Å²) in [7, 11) is 0. The molecule has 1 aromatic heterocycles. The second-order valence-corrected chi connectivity index (χ2v) is 9.86. The molecule has 0 aliphatic carbocycles. The molecule has 0 aliphatic rings. The third-order valence-corrected chi connectivity index (χ3v) is 6.82. The Morgan fingerprint density at radius 3 is 1.45 bits per heavy atom. The first-order chi connectivity index (χ1) is 15.3. The first kappa shape index (κ1) is 28.2. The van der Waals surface area contributed by atoms with E-state index in [1.165, 1.54) is 148 Å². The molecule has 1 heterocycles. The summed E-state index contributed by atoms with van der Waals surface area (Å²) < 4.78 is 5.03. The van der Waals surface area contributed by atoms with Crippen molar-refractivity contribution in [2.24, 2.45) is 0 Å². The standard InChI is InChI=1S/C29H57N2/c1-4-7-9-10-11-12-13-14-15-16-17-18-19-20-21-22-23-26-31-28-27-30(25-8-5-2)29(31)24-6-3/h27-28H,4-26H2,1-3H3/q+1. The quantitative estimate of drug-likeness (QED) is 0.120. The van der Waals surface area contributed by atoms with Gasteiger partial charge in [0.25, 0.3) is 5.82 Å². The molecule has 2 nitrogen and oxygen atoms in total. The first-order valence-corrected chi connectivity index (χ1v) is 14.4. The summed E-state index contributed by atoms with van der Waals surface area (Å²) >= 11 is 0. The van der Waals surface area contributed by atoms with Gasteiger partial charge >= 0.3 is 0 Å². The van der Waals surface area contributed by atoms with Crippen LogP contribution in [0.1, 0.15) is 155 Å². The Balaban J connectivity index is 1.92. The van der Waals surface area contributed by atoms with Crippen molar-refractivity contribution < 1.29 is 4.57 Å². The molecule has 0 aliphatic heterocycles. The number of hydrogen-bond acceptors (Lipinski definition) is 0. The van der Waals surface area contributed by atoms with E-state index in [9.17, 15) is 0 Å². The van der Waals surface area contributed by atoms with Crippen molar-refractivity contribution in [2.45, 2.75) is 169 Å². The SMILES string of the molecule is CCCCCCCCCCCCCCCCCCC[n+]1ccn(CCCC)c1CCC. The second kappa shape index (κ2) is 21.1. The fourth-order valence-electron chi connectivity index (χ4n) is 4.75. The molecule has 0 saturated heterocycles. The van der Waals surface area contributed by atoms with E-state index in [0.29, 0.717) is 0 Å². The van der Waals surface area contributed by atoms with Gasteiger partial charge in [0, 0.05) is 6.42 Å². The van der Waals surface area contributed by atoms with Gasteiger partial charge in [-0.3, -0.25) is 0 Å². The predicted molar refractivity (Wildman–Crippen MR) is 138 cm³/mol. The average molecular weight is 434 g/mol. The van der Waals surface area contributed by atoms with Crippen molar-refractivity contribution in [1.29, 1.82) is 0 Å². The number of rotatable bonds is 23. The molecule has 0 aromatic carbocycles. The molecule has 0 N–H and O–H groups in total. The van der Waals surface area contributed by atoms with Crippen LogP contribution in [-0.4, -0.2) is 4.57 Å². The molecule has 0 spiro atoms. The summed E-state index contributed by atoms with van der Waals surface area (Å²) in [5.41, 5.74) is 0. The van der Waals surface area contributed by atoms with Crippen LogP contribution in [0.5, 0.6) is 0 Å². The van der Waals surface area contributed by atoms with Gasteiger partial charge in [0.05, 0.1) is 13.1 Å². The van der Waals surface area contributed by atoms with Crippen molar-refractivity contribution in [3.8, 4) is 0 Å². The predicted octanol–water partition coefficient (Wildman–Crippen LogP) is 9.18. The van der Waals surface area contributed by atoms with Gasteiger partial charge in [-0.15, -0.1) is 0 Å². The van der Waals surface area contributed by atoms with E-state index in [1.54, 1.807) is 5.82 Å². The van der Waals surface area contributed by atoms with Gasteiger partial charge in [-0.25, -0.2) is 9.13 Å². The van der Waals surface area contributed by atoms with Crippen LogP contribution in [0.2, 0.25) is 0 Å². The fourth-order valence-corrected chi connectivity index (χ4v) is 4.75. The van der Waals surface area contributed by atoms with E-state index in [1.807, 2.05) is 0 Å². The average Bonchev–Trinajstić information content (AvgIpc) is 3.16. The highest BCUT2D eigenvalue weighted by Crippen LogP contribution is 2.14. The summed E-state index contributed by atoms with van der Waals surface area (Å²) in [6.07, 6.45) is 34.3. The maximum Gasteiger partial charge on any atom is 0.256 e. The summed E-state index contributed by atoms with van der Waals surface area (Å²) in [6.45, 7) is 9.30. The molecule has 0 fully saturated rings. The number of aromatic nitrogens is 2. The lowest BCUT2D eigenvalue weighted by Crippen LogP contribution is -2.37. The Labute approximate surface area is 196 Å². The van der Waals surface area contributed by atoms with Crippen molar-refractivity contribution in [3.05, 3.63) is 18.2 Å². The highest BCUT2D eigenvalue weighted by molar-refractivity contribution is 4.84. The van der Waals surface area contributed by atoms with Crippen LogP contribution in [0.3, 0.4) is 0 Å². The zero-order valence-corrected chi connectivity index (χ0v) is 21.8. The molecule has 0 saturated carbocycles. The lowest BCUT2D eigenvalue weighted by atomic mass is 10.0. The third-order valence-electron chi connectivity index (χ3n) is 6.82. The maximum atomic E-state index is 2.53. The molecule has 31 heavy (non-hydrogen) atoms. The topological polar surface area (TPSA) is 8.81 Å². The lowest BCUT2D eigenvalue weighted by molar-refractivity contribution is -0.704. The summed E-state index contributed by atoms with van der Waals surface area (Å²) in [6, 6.07) is 0. The molecule has 0 unspecified atom stereocenters. The first-order valence-electron chi connectivity index (χ1n) is 14.4. The van der Waals surface area contributed by atoms with Gasteiger partial charge in [0.15, 0.2) is 0 Å². The molecule has 0 radical (unpaired) electrons. The van der Waals surface area contributed by atoms with Crippen molar-refractivity contribution in [1.82, 2.24) is 4.57 Å². The van der Waals surface area contributed by atoms with Gasteiger partial charge < -0.3 is 0 Å². The Hall–Kier alpha value is -0.790. The van der Waals surface area contributed by atoms with Crippen LogP contribution >= 0.6 is 0 Å². The van der Waals surface area contributed by atoms with Crippen molar-refractivity contribution in [2.75, 3.05) is 0 Å². The number of hydrogen-bond donors (Lipinski definition) is 0. The molecule has 1 rings (SSSR count). The highest BCUT2D eigenvalue weighted by Gasteiger charge is 2.15. The normalized spacial score (nSPS) is 11.5. The molecular formula is C29H57N2+. The smallest absolute Gasteiger partial charge is 0.234 e. The Bertz CT molecular complexity index is 491. The van der Waals surface area contributed by atoms with Gasteiger partial charge in [-0.2, -0.15) is 0 Å². The molecule has 0 amide bonds. The highest BCUT2D eigenvalue weighted by atomic mass is 15.1. The van der Waals surface area contributed by atoms with E-state index in [2.05, 4.69) is 42.3 Å². The van der Waals surface area contributed by atoms with Crippen LogP contribution in [0.25, 0.3) is 0 Å². The van der Waals surface area contributed by atoms with Gasteiger partial charge in [0.2, 0.25) is 0 Å². The minimum Gasteiger partial charge on any atom is -0.234 e. The van der Waals surface area contributed by atoms with E-state index in [-0.39, 0.29) is 0 Å². The van der Waals surface area contributed by atoms with Crippen LogP contribution in [0.15, 0.2) is 12.4 Å². The third kappa shape index (κ3) is 14.8. The molecule has 182 valence electrons. The minimum atomic E-state index is 1.19. The van der Waals surface area contributed by atoms with Crippen molar-refractivity contribution in [3.63, 3.8) is 0 Å². The summed E-state index contributed by atoms with van der Waals surface area (Å²) in [5.74, 6) is 1.55. The van der Waals surface area contributed by atoms with Crippen LogP contribution in [0, 0.1) is 0 Å². The number of nitrogens with zero attached hydrogens (tertiary/aromatic N) is 2. The monoisotopic (exact) mass is 433 g/mol. The Kier molecular flexibility index (Phi) is 19.2. The Morgan fingerprint density at radius 2 is 1.00 bits per heavy atom. The largest absolute Gasteiger partial charge is 0.256 e. The second-order valence-electron chi connectivity index (χ2n) is 9.86. The van der Waals surface area contributed by atoms with Crippen molar-refractivity contribution >= 4 is 0 Å². The van der Waals surface area contributed by atoms with Crippen LogP contribution in [0.4, 0.5) is 0 Å². The zero-order valence-electron chi connectivity index (χ0n) is 21.8. The number of imidazole rings is 1. The fraction of sp³-hybridized carbons (Fsp3) is 0.897. The van der Waals surface area contributed by atoms with Gasteiger partial charge in [0.1, 0.15) is 12.4 Å². The molecule has 0 atom stereocenters. The molecule has 2 heteroatoms. The minimum absolute atomic E-state index is 1.19. The lowest BCUT2D eigenvalue weighted by Gasteiger charge is -2.05. The number of unbranched alkanes of at least 4 members (excludes halogenated alkanes) is 17. The van der Waals surface area contributed by atoms with Crippen LogP contribution in [-0.2, 0) is 19.5 Å². The summed E-state index contributed by atoms with van der Waals surface area (Å²) in [4.78, 5) is 0. The van der Waals surface area contributed by atoms with E-state index in [0.717, 1.165) is 0 Å². The van der Waals surface area contributed by atoms with E-state index in [4.69, 9.17) is 0 Å². The molecule has 0 bridgehead atoms. The molecular weight excluding hydrogens is 376 g/mol. The Morgan fingerprint density at radius 1 is 0.548 bits per heavy atom. The van der Waals surface area contributed by atoms with E-state index >= 15 is 0 Å². The summed E-state index contributed by atoms with van der Waals surface area (Å²) in [5, 5.41) is 0. The molecule has 1 aromatic rings. The van der Waals surface area contributed by atoms with Crippen LogP contribution < -0.4 is 4.57 Å². The number of aryl methyl sites for hydroxylation is 2. The maximum absolute atomic E-state index is 2.53. The zero-order chi connectivity index (χ0) is 22.4.